The molecule has 4 rings (SSSR count). The van der Waals surface area contributed by atoms with Crippen molar-refractivity contribution in [1.82, 2.24) is 4.90 Å². The Bertz CT molecular complexity index is 1400. The van der Waals surface area contributed by atoms with E-state index in [1.165, 1.54) is 10.4 Å². The first-order valence-corrected chi connectivity index (χ1v) is 19.3. The second-order valence-corrected chi connectivity index (χ2v) is 18.8. The maximum atomic E-state index is 13.9. The fourth-order valence-corrected chi connectivity index (χ4v) is 11.6. The summed E-state index contributed by atoms with van der Waals surface area (Å²) in [5.41, 5.74) is 1.01. The van der Waals surface area contributed by atoms with Crippen molar-refractivity contribution in [2.45, 2.75) is 90.8 Å². The molecule has 0 aliphatic carbocycles. The van der Waals surface area contributed by atoms with Gasteiger partial charge >= 0.3 is 5.97 Å². The number of nitrogens with zero attached hydrogens (tertiary/aromatic N) is 1. The lowest BCUT2D eigenvalue weighted by Gasteiger charge is -2.43. The second-order valence-electron chi connectivity index (χ2n) is 14.5. The number of hydrogen-bond donors (Lipinski definition) is 0. The number of cyclic esters (lactones) is 1. The number of benzene rings is 3. The van der Waals surface area contributed by atoms with E-state index in [9.17, 15) is 9.59 Å². The molecule has 6 heteroatoms. The Kier molecular flexibility index (Phi) is 12.8. The molecule has 5 atom stereocenters. The summed E-state index contributed by atoms with van der Waals surface area (Å²) in [6.45, 7) is 13.8. The molecular formula is C41H55NO4Si. The molecule has 0 spiro atoms. The number of allylic oxidation sites excluding steroid dienone is 1. The van der Waals surface area contributed by atoms with Crippen LogP contribution in [0.4, 0.5) is 0 Å². The standard InChI is InChI=1S/C41H55NO4Si/c1-31-26-27-32(2)38(46-40(44)37(30-34-19-11-8-12-20-34)42(7)39(43)33(3)29-31)25-17-18-28-45-47(41(4,5)6,35-21-13-9-14-22-35)36-23-15-10-16-24-36/h8-16,19-24,26-27,31-33,37-38H,17-18,25,28-30H2,1-7H3/t31-,32-,33-,37+,38?/m1/s1. The van der Waals surface area contributed by atoms with Gasteiger partial charge < -0.3 is 14.1 Å². The molecule has 1 unspecified atom stereocenters. The van der Waals surface area contributed by atoms with E-state index in [4.69, 9.17) is 9.16 Å². The predicted octanol–water partition coefficient (Wildman–Crippen LogP) is 7.58. The van der Waals surface area contributed by atoms with Gasteiger partial charge in [0.25, 0.3) is 8.32 Å². The molecule has 5 nitrogen and oxygen atoms in total. The first-order chi connectivity index (χ1) is 22.4. The van der Waals surface area contributed by atoms with Crippen molar-refractivity contribution in [3.8, 4) is 0 Å². The first kappa shape index (κ1) is 36.4. The van der Waals surface area contributed by atoms with E-state index < -0.39 is 14.4 Å². The number of likely N-dealkylation sites (N-methyl/N-ethyl adjacent to an activating group) is 1. The Hall–Kier alpha value is -3.48. The summed E-state index contributed by atoms with van der Waals surface area (Å²) in [7, 11) is -0.858. The van der Waals surface area contributed by atoms with E-state index in [1.807, 2.05) is 37.3 Å². The highest BCUT2D eigenvalue weighted by molar-refractivity contribution is 6.99. The van der Waals surface area contributed by atoms with Crippen LogP contribution >= 0.6 is 0 Å². The summed E-state index contributed by atoms with van der Waals surface area (Å²) < 4.78 is 13.5. The minimum absolute atomic E-state index is 0.0196. The Morgan fingerprint density at radius 2 is 1.36 bits per heavy atom. The maximum Gasteiger partial charge on any atom is 0.329 e. The topological polar surface area (TPSA) is 55.8 Å². The fraction of sp³-hybridized carbons (Fsp3) is 0.463. The van der Waals surface area contributed by atoms with Gasteiger partial charge in [0, 0.05) is 31.9 Å². The van der Waals surface area contributed by atoms with E-state index >= 15 is 0 Å². The molecule has 0 N–H and O–H groups in total. The molecule has 3 aromatic carbocycles. The van der Waals surface area contributed by atoms with Gasteiger partial charge in [-0.2, -0.15) is 0 Å². The highest BCUT2D eigenvalue weighted by atomic mass is 28.4. The minimum atomic E-state index is -2.61. The lowest BCUT2D eigenvalue weighted by atomic mass is 9.91. The molecule has 1 heterocycles. The summed E-state index contributed by atoms with van der Waals surface area (Å²) in [6, 6.07) is 30.7. The lowest BCUT2D eigenvalue weighted by Crippen LogP contribution is -2.66. The van der Waals surface area contributed by atoms with Gasteiger partial charge in [0.2, 0.25) is 5.91 Å². The number of esters is 1. The Labute approximate surface area is 284 Å². The normalized spacial score (nSPS) is 23.1. The zero-order valence-corrected chi connectivity index (χ0v) is 30.5. The zero-order valence-electron chi connectivity index (χ0n) is 29.5. The third-order valence-corrected chi connectivity index (χ3v) is 14.8. The predicted molar refractivity (Wildman–Crippen MR) is 195 cm³/mol. The molecule has 252 valence electrons. The van der Waals surface area contributed by atoms with Crippen LogP contribution in [-0.4, -0.2) is 50.9 Å². The molecular weight excluding hydrogens is 599 g/mol. The van der Waals surface area contributed by atoms with E-state index in [-0.39, 0.29) is 40.8 Å². The number of rotatable bonds is 10. The zero-order chi connectivity index (χ0) is 34.0. The molecule has 0 bridgehead atoms. The van der Waals surface area contributed by atoms with Crippen LogP contribution in [0.3, 0.4) is 0 Å². The van der Waals surface area contributed by atoms with Crippen molar-refractivity contribution in [3.63, 3.8) is 0 Å². The number of hydrogen-bond acceptors (Lipinski definition) is 4. The summed E-state index contributed by atoms with van der Waals surface area (Å²) in [6.07, 6.45) is 7.67. The van der Waals surface area contributed by atoms with Crippen molar-refractivity contribution in [2.75, 3.05) is 13.7 Å². The van der Waals surface area contributed by atoms with Crippen LogP contribution < -0.4 is 10.4 Å². The summed E-state index contributed by atoms with van der Waals surface area (Å²) >= 11 is 0. The third kappa shape index (κ3) is 9.11. The number of amides is 1. The largest absolute Gasteiger partial charge is 0.460 e. The van der Waals surface area contributed by atoms with E-state index in [1.54, 1.807) is 11.9 Å². The highest BCUT2D eigenvalue weighted by Crippen LogP contribution is 2.37. The Morgan fingerprint density at radius 1 is 0.809 bits per heavy atom. The van der Waals surface area contributed by atoms with Gasteiger partial charge in [-0.3, -0.25) is 4.79 Å². The summed E-state index contributed by atoms with van der Waals surface area (Å²) in [5, 5.41) is 2.47. The smallest absolute Gasteiger partial charge is 0.329 e. The molecule has 1 aliphatic rings. The quantitative estimate of drug-likeness (QED) is 0.0980. The van der Waals surface area contributed by atoms with Crippen molar-refractivity contribution >= 4 is 30.6 Å². The summed E-state index contributed by atoms with van der Waals surface area (Å²) in [5.74, 6) is -0.250. The molecule has 0 aromatic heterocycles. The minimum Gasteiger partial charge on any atom is -0.460 e. The maximum absolute atomic E-state index is 13.9. The summed E-state index contributed by atoms with van der Waals surface area (Å²) in [4.78, 5) is 29.0. The van der Waals surface area contributed by atoms with E-state index in [2.05, 4.69) is 107 Å². The van der Waals surface area contributed by atoms with Crippen molar-refractivity contribution in [1.29, 1.82) is 0 Å². The van der Waals surface area contributed by atoms with E-state index in [0.29, 0.717) is 13.0 Å². The second kappa shape index (κ2) is 16.6. The molecule has 0 radical (unpaired) electrons. The van der Waals surface area contributed by atoms with Gasteiger partial charge in [-0.25, -0.2) is 4.79 Å². The average Bonchev–Trinajstić information content (AvgIpc) is 3.06. The molecule has 1 amide bonds. The van der Waals surface area contributed by atoms with E-state index in [0.717, 1.165) is 31.2 Å². The third-order valence-electron chi connectivity index (χ3n) is 9.72. The first-order valence-electron chi connectivity index (χ1n) is 17.4. The number of carbonyl (C=O) groups excluding carboxylic acids is 2. The molecule has 0 fully saturated rings. The van der Waals surface area contributed by atoms with Gasteiger partial charge in [-0.15, -0.1) is 0 Å². The molecule has 1 aliphatic heterocycles. The van der Waals surface area contributed by atoms with Crippen LogP contribution in [0.1, 0.15) is 72.8 Å². The van der Waals surface area contributed by atoms with Crippen LogP contribution in [-0.2, 0) is 25.2 Å². The van der Waals surface area contributed by atoms with Crippen molar-refractivity contribution in [3.05, 3.63) is 109 Å². The van der Waals surface area contributed by atoms with Crippen molar-refractivity contribution < 1.29 is 18.8 Å². The Balaban J connectivity index is 1.52. The molecule has 3 aromatic rings. The number of ether oxygens (including phenoxy) is 1. The van der Waals surface area contributed by atoms with Crippen molar-refractivity contribution in [2.24, 2.45) is 17.8 Å². The van der Waals surface area contributed by atoms with Crippen LogP contribution in [0.2, 0.25) is 5.04 Å². The monoisotopic (exact) mass is 653 g/mol. The van der Waals surface area contributed by atoms with Crippen LogP contribution in [0, 0.1) is 17.8 Å². The van der Waals surface area contributed by atoms with Gasteiger partial charge in [0.1, 0.15) is 12.1 Å². The van der Waals surface area contributed by atoms with Gasteiger partial charge in [0.15, 0.2) is 0 Å². The van der Waals surface area contributed by atoms with Gasteiger partial charge in [-0.05, 0) is 52.6 Å². The Morgan fingerprint density at radius 3 is 1.91 bits per heavy atom. The van der Waals surface area contributed by atoms with Gasteiger partial charge in [-0.1, -0.05) is 145 Å². The van der Waals surface area contributed by atoms with Crippen LogP contribution in [0.25, 0.3) is 0 Å². The average molecular weight is 654 g/mol. The molecule has 47 heavy (non-hydrogen) atoms. The highest BCUT2D eigenvalue weighted by Gasteiger charge is 2.50. The lowest BCUT2D eigenvalue weighted by molar-refractivity contribution is -0.161. The fourth-order valence-electron chi connectivity index (χ4n) is 7.03. The van der Waals surface area contributed by atoms with Gasteiger partial charge in [0.05, 0.1) is 0 Å². The molecule has 0 saturated carbocycles. The molecule has 0 saturated heterocycles. The van der Waals surface area contributed by atoms with Crippen LogP contribution in [0.5, 0.6) is 0 Å². The SMILES string of the molecule is C[C@@H]1C=C[C@@H](C)C(CCCCO[Si](c2ccccc2)(c2ccccc2)C(C)(C)C)OC(=O)[C@H](Cc2ccccc2)N(C)C(=O)[C@H](C)C1. The van der Waals surface area contributed by atoms with Crippen LogP contribution in [0.15, 0.2) is 103 Å². The number of carbonyl (C=O) groups is 2. The number of unbranched alkanes of at least 4 members (excludes halogenated alkanes) is 1.